The van der Waals surface area contributed by atoms with E-state index in [2.05, 4.69) is 20.6 Å². The number of hydrogen-bond acceptors (Lipinski definition) is 4. The van der Waals surface area contributed by atoms with E-state index in [1.165, 1.54) is 0 Å². The number of aromatic nitrogens is 1. The van der Waals surface area contributed by atoms with Crippen molar-refractivity contribution < 1.29 is 9.84 Å². The van der Waals surface area contributed by atoms with Crippen LogP contribution in [-0.2, 0) is 12.8 Å². The van der Waals surface area contributed by atoms with E-state index in [1.54, 1.807) is 25.4 Å². The minimum Gasteiger partial charge on any atom is -0.504 e. The Balaban J connectivity index is 1.84. The summed E-state index contributed by atoms with van der Waals surface area (Å²) in [5.41, 5.74) is 2.18. The van der Waals surface area contributed by atoms with Crippen LogP contribution in [0.5, 0.6) is 11.5 Å². The highest BCUT2D eigenvalue weighted by molar-refractivity contribution is 6.29. The van der Waals surface area contributed by atoms with Crippen LogP contribution in [0.25, 0.3) is 0 Å². The van der Waals surface area contributed by atoms with Gasteiger partial charge in [0.1, 0.15) is 5.15 Å². The predicted octanol–water partition coefficient (Wildman–Crippen LogP) is 2.79. The molecule has 3 N–H and O–H groups in total. The fourth-order valence-electron chi connectivity index (χ4n) is 2.40. The van der Waals surface area contributed by atoms with E-state index in [0.29, 0.717) is 17.4 Å². The van der Waals surface area contributed by atoms with Gasteiger partial charge in [-0.2, -0.15) is 0 Å². The number of ether oxygens (including phenoxy) is 1. The van der Waals surface area contributed by atoms with Gasteiger partial charge in [-0.25, -0.2) is 4.98 Å². The lowest BCUT2D eigenvalue weighted by Crippen LogP contribution is -2.38. The van der Waals surface area contributed by atoms with Crippen molar-refractivity contribution in [2.45, 2.75) is 19.8 Å². The molecule has 6 nitrogen and oxygen atoms in total. The predicted molar refractivity (Wildman–Crippen MR) is 105 cm³/mol. The monoisotopic (exact) mass is 376 g/mol. The molecule has 0 aliphatic rings. The molecule has 2 aromatic rings. The van der Waals surface area contributed by atoms with Crippen molar-refractivity contribution in [1.29, 1.82) is 0 Å². The molecular weight excluding hydrogens is 352 g/mol. The number of guanidine groups is 1. The van der Waals surface area contributed by atoms with Gasteiger partial charge in [0.05, 0.1) is 7.11 Å². The van der Waals surface area contributed by atoms with E-state index in [1.807, 2.05) is 25.1 Å². The SMILES string of the molecule is CCNC(=NCCc1ccc(O)c(OC)c1)NCCc1ccc(Cl)nc1. The minimum absolute atomic E-state index is 0.145. The molecule has 7 heteroatoms. The van der Waals surface area contributed by atoms with Crippen LogP contribution in [0.4, 0.5) is 0 Å². The van der Waals surface area contributed by atoms with Crippen LogP contribution in [0, 0.1) is 0 Å². The molecule has 1 aromatic heterocycles. The first-order chi connectivity index (χ1) is 12.6. The zero-order valence-corrected chi connectivity index (χ0v) is 15.9. The number of hydrogen-bond donors (Lipinski definition) is 3. The molecule has 1 aromatic carbocycles. The van der Waals surface area contributed by atoms with E-state index in [0.717, 1.165) is 43.0 Å². The molecule has 0 aliphatic heterocycles. The lowest BCUT2D eigenvalue weighted by Gasteiger charge is -2.11. The summed E-state index contributed by atoms with van der Waals surface area (Å²) < 4.78 is 5.13. The first-order valence-corrected chi connectivity index (χ1v) is 8.98. The summed E-state index contributed by atoms with van der Waals surface area (Å²) in [6.45, 7) is 4.21. The second-order valence-electron chi connectivity index (χ2n) is 5.68. The summed E-state index contributed by atoms with van der Waals surface area (Å²) in [6.07, 6.45) is 3.38. The molecule has 0 amide bonds. The Kier molecular flexibility index (Phi) is 8.02. The number of nitrogens with zero attached hydrogens (tertiary/aromatic N) is 2. The highest BCUT2D eigenvalue weighted by Gasteiger charge is 2.03. The maximum Gasteiger partial charge on any atom is 0.191 e. The number of halogens is 1. The Hall–Kier alpha value is -2.47. The average Bonchev–Trinajstić information content (AvgIpc) is 2.64. The third-order valence-electron chi connectivity index (χ3n) is 3.75. The van der Waals surface area contributed by atoms with Crippen molar-refractivity contribution in [3.05, 3.63) is 52.8 Å². The van der Waals surface area contributed by atoms with Gasteiger partial charge in [-0.1, -0.05) is 23.7 Å². The molecule has 0 saturated carbocycles. The fraction of sp³-hybridized carbons (Fsp3) is 0.368. The maximum absolute atomic E-state index is 9.64. The standard InChI is InChI=1S/C19H25ClN4O2/c1-3-21-19(23-11-9-15-5-7-18(20)24-13-15)22-10-8-14-4-6-16(25)17(12-14)26-2/h4-7,12-13,25H,3,8-11H2,1-2H3,(H2,21,22,23). The maximum atomic E-state index is 9.64. The summed E-state index contributed by atoms with van der Waals surface area (Å²) in [6, 6.07) is 9.11. The van der Waals surface area contributed by atoms with Crippen LogP contribution in [0.15, 0.2) is 41.5 Å². The Morgan fingerprint density at radius 3 is 2.69 bits per heavy atom. The zero-order valence-electron chi connectivity index (χ0n) is 15.1. The van der Waals surface area contributed by atoms with Gasteiger partial charge in [0, 0.05) is 25.8 Å². The van der Waals surface area contributed by atoms with Crippen molar-refractivity contribution in [2.75, 3.05) is 26.7 Å². The number of benzene rings is 1. The van der Waals surface area contributed by atoms with Crippen LogP contribution in [-0.4, -0.2) is 42.8 Å². The van der Waals surface area contributed by atoms with Crippen LogP contribution in [0.2, 0.25) is 5.15 Å². The Labute approximate surface area is 159 Å². The number of aromatic hydroxyl groups is 1. The van der Waals surface area contributed by atoms with E-state index in [4.69, 9.17) is 16.3 Å². The second kappa shape index (κ2) is 10.5. The number of phenols is 1. The molecule has 0 fully saturated rings. The van der Waals surface area contributed by atoms with Crippen molar-refractivity contribution >= 4 is 17.6 Å². The number of phenolic OH excluding ortho intramolecular Hbond substituents is 1. The van der Waals surface area contributed by atoms with Gasteiger partial charge in [0.15, 0.2) is 17.5 Å². The number of methoxy groups -OCH3 is 1. The van der Waals surface area contributed by atoms with Crippen molar-refractivity contribution in [3.8, 4) is 11.5 Å². The highest BCUT2D eigenvalue weighted by atomic mass is 35.5. The van der Waals surface area contributed by atoms with E-state index in [9.17, 15) is 5.11 Å². The molecule has 0 aliphatic carbocycles. The van der Waals surface area contributed by atoms with E-state index in [-0.39, 0.29) is 5.75 Å². The number of aliphatic imine (C=N–C) groups is 1. The number of pyridine rings is 1. The van der Waals surface area contributed by atoms with Crippen LogP contribution in [0.1, 0.15) is 18.1 Å². The zero-order chi connectivity index (χ0) is 18.8. The quantitative estimate of drug-likeness (QED) is 0.375. The minimum atomic E-state index is 0.145. The lowest BCUT2D eigenvalue weighted by molar-refractivity contribution is 0.373. The topological polar surface area (TPSA) is 78.8 Å². The van der Waals surface area contributed by atoms with Crippen molar-refractivity contribution in [2.24, 2.45) is 4.99 Å². The number of nitrogens with one attached hydrogen (secondary N) is 2. The Morgan fingerprint density at radius 2 is 2.00 bits per heavy atom. The lowest BCUT2D eigenvalue weighted by atomic mass is 10.1. The van der Waals surface area contributed by atoms with E-state index >= 15 is 0 Å². The normalized spacial score (nSPS) is 11.3. The summed E-state index contributed by atoms with van der Waals surface area (Å²) >= 11 is 5.80. The van der Waals surface area contributed by atoms with Crippen LogP contribution >= 0.6 is 11.6 Å². The molecule has 0 saturated heterocycles. The van der Waals surface area contributed by atoms with Gasteiger partial charge in [-0.05, 0) is 49.1 Å². The van der Waals surface area contributed by atoms with Gasteiger partial charge in [0.25, 0.3) is 0 Å². The summed E-state index contributed by atoms with van der Waals surface area (Å²) in [7, 11) is 1.54. The molecule has 0 atom stereocenters. The first-order valence-electron chi connectivity index (χ1n) is 8.61. The first kappa shape index (κ1) is 19.8. The molecule has 0 spiro atoms. The molecule has 2 rings (SSSR count). The third-order valence-corrected chi connectivity index (χ3v) is 3.98. The van der Waals surface area contributed by atoms with Crippen molar-refractivity contribution in [1.82, 2.24) is 15.6 Å². The van der Waals surface area contributed by atoms with Crippen molar-refractivity contribution in [3.63, 3.8) is 0 Å². The van der Waals surface area contributed by atoms with E-state index < -0.39 is 0 Å². The molecule has 0 unspecified atom stereocenters. The molecule has 0 radical (unpaired) electrons. The molecular formula is C19H25ClN4O2. The Morgan fingerprint density at radius 1 is 1.19 bits per heavy atom. The Bertz CT molecular complexity index is 720. The average molecular weight is 377 g/mol. The van der Waals surface area contributed by atoms with Gasteiger partial charge in [0.2, 0.25) is 0 Å². The molecule has 26 heavy (non-hydrogen) atoms. The fourth-order valence-corrected chi connectivity index (χ4v) is 2.51. The van der Waals surface area contributed by atoms with Crippen LogP contribution in [0.3, 0.4) is 0 Å². The summed E-state index contributed by atoms with van der Waals surface area (Å²) in [5, 5.41) is 16.7. The third kappa shape index (κ3) is 6.44. The largest absolute Gasteiger partial charge is 0.504 e. The molecule has 140 valence electrons. The molecule has 1 heterocycles. The summed E-state index contributed by atoms with van der Waals surface area (Å²) in [5.74, 6) is 1.40. The smallest absolute Gasteiger partial charge is 0.191 e. The van der Waals surface area contributed by atoms with Gasteiger partial charge >= 0.3 is 0 Å². The van der Waals surface area contributed by atoms with Gasteiger partial charge < -0.3 is 20.5 Å². The van der Waals surface area contributed by atoms with Gasteiger partial charge in [-0.15, -0.1) is 0 Å². The second-order valence-corrected chi connectivity index (χ2v) is 6.07. The summed E-state index contributed by atoms with van der Waals surface area (Å²) in [4.78, 5) is 8.67. The highest BCUT2D eigenvalue weighted by Crippen LogP contribution is 2.26. The number of rotatable bonds is 8. The van der Waals surface area contributed by atoms with Crippen LogP contribution < -0.4 is 15.4 Å². The van der Waals surface area contributed by atoms with Gasteiger partial charge in [-0.3, -0.25) is 4.99 Å². The molecule has 0 bridgehead atoms.